The van der Waals surface area contributed by atoms with Gasteiger partial charge in [0, 0.05) is 17.8 Å². The highest BCUT2D eigenvalue weighted by Crippen LogP contribution is 2.28. The van der Waals surface area contributed by atoms with E-state index in [1.54, 1.807) is 7.11 Å². The largest absolute Gasteiger partial charge is 0.497 e. The highest BCUT2D eigenvalue weighted by molar-refractivity contribution is 5.50. The summed E-state index contributed by atoms with van der Waals surface area (Å²) in [4.78, 5) is 0. The van der Waals surface area contributed by atoms with Gasteiger partial charge in [-0.15, -0.1) is 0 Å². The second kappa shape index (κ2) is 5.61. The van der Waals surface area contributed by atoms with Crippen LogP contribution in [0.4, 0.5) is 5.69 Å². The zero-order chi connectivity index (χ0) is 13.0. The second-order valence-corrected chi connectivity index (χ2v) is 5.54. The Kier molecular flexibility index (Phi) is 4.12. The first-order valence-electron chi connectivity index (χ1n) is 6.80. The number of benzene rings is 1. The van der Waals surface area contributed by atoms with Crippen LogP contribution in [-0.4, -0.2) is 12.6 Å². The molecule has 3 heteroatoms. The Balaban J connectivity index is 2.00. The molecule has 100 valence electrons. The van der Waals surface area contributed by atoms with E-state index < -0.39 is 0 Å². The lowest BCUT2D eigenvalue weighted by Crippen LogP contribution is -2.43. The Morgan fingerprint density at radius 3 is 2.67 bits per heavy atom. The standard InChI is InChI=1S/C15H24N2O/c1-15(8-4-3-5-9-15)17-11-12-10-13(18-2)6-7-14(12)16/h6-7,10,17H,3-5,8-9,11,16H2,1-2H3. The zero-order valence-corrected chi connectivity index (χ0v) is 11.5. The van der Waals surface area contributed by atoms with Gasteiger partial charge in [0.25, 0.3) is 0 Å². The van der Waals surface area contributed by atoms with Crippen molar-refractivity contribution in [2.24, 2.45) is 0 Å². The monoisotopic (exact) mass is 248 g/mol. The van der Waals surface area contributed by atoms with Crippen LogP contribution in [-0.2, 0) is 6.54 Å². The smallest absolute Gasteiger partial charge is 0.119 e. The van der Waals surface area contributed by atoms with Gasteiger partial charge in [0.15, 0.2) is 0 Å². The van der Waals surface area contributed by atoms with E-state index in [0.29, 0.717) is 0 Å². The fraction of sp³-hybridized carbons (Fsp3) is 0.600. The molecule has 1 saturated carbocycles. The van der Waals surface area contributed by atoms with Crippen LogP contribution in [0, 0.1) is 0 Å². The predicted octanol–water partition coefficient (Wildman–Crippen LogP) is 3.09. The Labute approximate surface area is 110 Å². The van der Waals surface area contributed by atoms with Gasteiger partial charge in [0.1, 0.15) is 5.75 Å². The van der Waals surface area contributed by atoms with Gasteiger partial charge in [0.2, 0.25) is 0 Å². The fourth-order valence-corrected chi connectivity index (χ4v) is 2.68. The number of hydrogen-bond donors (Lipinski definition) is 2. The third kappa shape index (κ3) is 3.16. The molecule has 2 rings (SSSR count). The van der Waals surface area contributed by atoms with Crippen LogP contribution in [0.15, 0.2) is 18.2 Å². The van der Waals surface area contributed by atoms with Crippen molar-refractivity contribution in [1.29, 1.82) is 0 Å². The van der Waals surface area contributed by atoms with E-state index in [1.165, 1.54) is 32.1 Å². The molecule has 3 nitrogen and oxygen atoms in total. The quantitative estimate of drug-likeness (QED) is 0.805. The second-order valence-electron chi connectivity index (χ2n) is 5.54. The lowest BCUT2D eigenvalue weighted by atomic mass is 9.83. The Bertz CT molecular complexity index is 397. The highest BCUT2D eigenvalue weighted by Gasteiger charge is 2.25. The van der Waals surface area contributed by atoms with Gasteiger partial charge in [0.05, 0.1) is 7.11 Å². The summed E-state index contributed by atoms with van der Waals surface area (Å²) in [5.41, 5.74) is 8.24. The summed E-state index contributed by atoms with van der Waals surface area (Å²) >= 11 is 0. The molecule has 0 aromatic heterocycles. The molecule has 1 aromatic rings. The van der Waals surface area contributed by atoms with Gasteiger partial charge in [-0.3, -0.25) is 0 Å². The van der Waals surface area contributed by atoms with Crippen molar-refractivity contribution in [2.75, 3.05) is 12.8 Å². The molecule has 3 N–H and O–H groups in total. The fourth-order valence-electron chi connectivity index (χ4n) is 2.68. The molecule has 0 radical (unpaired) electrons. The number of nitrogens with one attached hydrogen (secondary N) is 1. The van der Waals surface area contributed by atoms with Crippen molar-refractivity contribution in [3.63, 3.8) is 0 Å². The maximum atomic E-state index is 6.01. The van der Waals surface area contributed by atoms with E-state index in [0.717, 1.165) is 23.5 Å². The van der Waals surface area contributed by atoms with Crippen LogP contribution < -0.4 is 15.8 Å². The first kappa shape index (κ1) is 13.2. The van der Waals surface area contributed by atoms with E-state index >= 15 is 0 Å². The number of nitrogen functional groups attached to an aromatic ring is 1. The number of methoxy groups -OCH3 is 1. The molecular formula is C15H24N2O. The first-order chi connectivity index (χ1) is 8.63. The van der Waals surface area contributed by atoms with E-state index in [1.807, 2.05) is 18.2 Å². The van der Waals surface area contributed by atoms with Gasteiger partial charge >= 0.3 is 0 Å². The van der Waals surface area contributed by atoms with Crippen molar-refractivity contribution >= 4 is 5.69 Å². The van der Waals surface area contributed by atoms with Gasteiger partial charge in [-0.25, -0.2) is 0 Å². The van der Waals surface area contributed by atoms with Crippen molar-refractivity contribution in [1.82, 2.24) is 5.32 Å². The molecule has 0 unspecified atom stereocenters. The Hall–Kier alpha value is -1.22. The molecule has 1 aliphatic carbocycles. The van der Waals surface area contributed by atoms with Gasteiger partial charge in [-0.2, -0.15) is 0 Å². The number of nitrogens with two attached hydrogens (primary N) is 1. The van der Waals surface area contributed by atoms with E-state index in [9.17, 15) is 0 Å². The average Bonchev–Trinajstić information content (AvgIpc) is 2.39. The van der Waals surface area contributed by atoms with E-state index in [2.05, 4.69) is 12.2 Å². The number of rotatable bonds is 4. The van der Waals surface area contributed by atoms with Crippen LogP contribution in [0.3, 0.4) is 0 Å². The summed E-state index contributed by atoms with van der Waals surface area (Å²) in [6, 6.07) is 5.84. The zero-order valence-electron chi connectivity index (χ0n) is 11.5. The summed E-state index contributed by atoms with van der Waals surface area (Å²) in [5, 5.41) is 3.67. The van der Waals surface area contributed by atoms with Crippen LogP contribution in [0.2, 0.25) is 0 Å². The summed E-state index contributed by atoms with van der Waals surface area (Å²) in [6.45, 7) is 3.14. The molecule has 0 saturated heterocycles. The molecule has 1 aliphatic rings. The topological polar surface area (TPSA) is 47.3 Å². The number of hydrogen-bond acceptors (Lipinski definition) is 3. The van der Waals surface area contributed by atoms with E-state index in [-0.39, 0.29) is 5.54 Å². The summed E-state index contributed by atoms with van der Waals surface area (Å²) in [6.07, 6.45) is 6.56. The van der Waals surface area contributed by atoms with Crippen LogP contribution >= 0.6 is 0 Å². The summed E-state index contributed by atoms with van der Waals surface area (Å²) < 4.78 is 5.24. The lowest BCUT2D eigenvalue weighted by Gasteiger charge is -2.35. The van der Waals surface area contributed by atoms with Crippen LogP contribution in [0.5, 0.6) is 5.75 Å². The van der Waals surface area contributed by atoms with E-state index in [4.69, 9.17) is 10.5 Å². The van der Waals surface area contributed by atoms with Crippen LogP contribution in [0.25, 0.3) is 0 Å². The van der Waals surface area contributed by atoms with Gasteiger partial charge in [-0.05, 0) is 43.5 Å². The van der Waals surface area contributed by atoms with Gasteiger partial charge < -0.3 is 15.8 Å². The molecule has 0 bridgehead atoms. The van der Waals surface area contributed by atoms with Crippen molar-refractivity contribution < 1.29 is 4.74 Å². The highest BCUT2D eigenvalue weighted by atomic mass is 16.5. The molecule has 18 heavy (non-hydrogen) atoms. The molecular weight excluding hydrogens is 224 g/mol. The van der Waals surface area contributed by atoms with Gasteiger partial charge in [-0.1, -0.05) is 19.3 Å². The molecule has 1 fully saturated rings. The summed E-state index contributed by atoms with van der Waals surface area (Å²) in [5.74, 6) is 0.870. The maximum Gasteiger partial charge on any atom is 0.119 e. The molecule has 0 aliphatic heterocycles. The van der Waals surface area contributed by atoms with Crippen molar-refractivity contribution in [3.05, 3.63) is 23.8 Å². The SMILES string of the molecule is COc1ccc(N)c(CNC2(C)CCCCC2)c1. The first-order valence-corrected chi connectivity index (χ1v) is 6.80. The minimum atomic E-state index is 0.272. The third-order valence-corrected chi connectivity index (χ3v) is 4.01. The number of ether oxygens (including phenoxy) is 1. The molecule has 0 spiro atoms. The minimum absolute atomic E-state index is 0.272. The molecule has 0 amide bonds. The number of anilines is 1. The molecule has 1 aromatic carbocycles. The molecule has 0 heterocycles. The third-order valence-electron chi connectivity index (χ3n) is 4.01. The van der Waals surface area contributed by atoms with Crippen molar-refractivity contribution in [3.8, 4) is 5.75 Å². The minimum Gasteiger partial charge on any atom is -0.497 e. The van der Waals surface area contributed by atoms with Crippen molar-refractivity contribution in [2.45, 2.75) is 51.1 Å². The lowest BCUT2D eigenvalue weighted by molar-refractivity contribution is 0.252. The predicted molar refractivity (Wildman–Crippen MR) is 75.7 cm³/mol. The summed E-state index contributed by atoms with van der Waals surface area (Å²) in [7, 11) is 1.69. The van der Waals surface area contributed by atoms with Crippen LogP contribution in [0.1, 0.15) is 44.6 Å². The molecule has 0 atom stereocenters. The normalized spacial score (nSPS) is 18.6. The average molecular weight is 248 g/mol. The Morgan fingerprint density at radius 1 is 1.28 bits per heavy atom. The Morgan fingerprint density at radius 2 is 2.00 bits per heavy atom. The maximum absolute atomic E-state index is 6.01.